The van der Waals surface area contributed by atoms with Gasteiger partial charge in [0.25, 0.3) is 0 Å². The van der Waals surface area contributed by atoms with Crippen molar-refractivity contribution in [2.75, 3.05) is 7.11 Å². The monoisotopic (exact) mass is 224 g/mol. The normalized spacial score (nSPS) is 10.1. The molecule has 1 heterocycles. The molecule has 1 aromatic heterocycles. The molecule has 0 saturated heterocycles. The third-order valence-corrected chi connectivity index (χ3v) is 2.16. The van der Waals surface area contributed by atoms with Crippen LogP contribution >= 0.6 is 0 Å². The van der Waals surface area contributed by atoms with Gasteiger partial charge in [-0.15, -0.1) is 0 Å². The van der Waals surface area contributed by atoms with Gasteiger partial charge >= 0.3 is 0 Å². The molecule has 0 aliphatic carbocycles. The molecule has 3 nitrogen and oxygen atoms in total. The Balaban J connectivity index is 0.00000106. The van der Waals surface area contributed by atoms with E-state index in [4.69, 9.17) is 4.74 Å². The van der Waals surface area contributed by atoms with E-state index in [1.165, 1.54) is 0 Å². The maximum absolute atomic E-state index is 5.37. The predicted molar refractivity (Wildman–Crippen MR) is 68.1 cm³/mol. The van der Waals surface area contributed by atoms with Crippen molar-refractivity contribution in [1.29, 1.82) is 0 Å². The van der Waals surface area contributed by atoms with E-state index in [0.717, 1.165) is 17.1 Å². The third-order valence-electron chi connectivity index (χ3n) is 2.16. The summed E-state index contributed by atoms with van der Waals surface area (Å²) in [6.07, 6.45) is 1.62. The van der Waals surface area contributed by atoms with E-state index >= 15 is 0 Å². The summed E-state index contributed by atoms with van der Waals surface area (Å²) in [5.41, 5.74) is 1.98. The molecule has 3 heteroatoms. The van der Waals surface area contributed by atoms with Gasteiger partial charge in [-0.25, -0.2) is 9.97 Å². The van der Waals surface area contributed by atoms with Crippen LogP contribution in [-0.2, 0) is 0 Å². The molecule has 16 heavy (non-hydrogen) atoms. The second kappa shape index (κ2) is 7.20. The molecule has 0 atom stereocenters. The Morgan fingerprint density at radius 1 is 0.938 bits per heavy atom. The highest BCUT2D eigenvalue weighted by Gasteiger charge is 2.16. The van der Waals surface area contributed by atoms with Crippen molar-refractivity contribution in [3.8, 4) is 5.75 Å². The Bertz CT molecular complexity index is 283. The SMILES string of the molecule is CC.COc1c(C(C)C)ncnc1C(C)C. The minimum Gasteiger partial charge on any atom is -0.493 e. The zero-order valence-corrected chi connectivity index (χ0v) is 11.5. The van der Waals surface area contributed by atoms with Gasteiger partial charge in [0.15, 0.2) is 5.75 Å². The number of hydrogen-bond donors (Lipinski definition) is 0. The third kappa shape index (κ3) is 3.47. The van der Waals surface area contributed by atoms with Crippen molar-refractivity contribution in [2.45, 2.75) is 53.4 Å². The van der Waals surface area contributed by atoms with E-state index < -0.39 is 0 Å². The van der Waals surface area contributed by atoms with Crippen LogP contribution in [0.2, 0.25) is 0 Å². The lowest BCUT2D eigenvalue weighted by molar-refractivity contribution is 0.393. The minimum absolute atomic E-state index is 0.366. The van der Waals surface area contributed by atoms with Gasteiger partial charge in [0.1, 0.15) is 6.33 Å². The lowest BCUT2D eigenvalue weighted by Gasteiger charge is -2.15. The smallest absolute Gasteiger partial charge is 0.162 e. The zero-order valence-electron chi connectivity index (χ0n) is 11.5. The molecule has 0 fully saturated rings. The summed E-state index contributed by atoms with van der Waals surface area (Å²) in [7, 11) is 1.68. The van der Waals surface area contributed by atoms with E-state index in [1.54, 1.807) is 13.4 Å². The number of nitrogens with zero attached hydrogens (tertiary/aromatic N) is 2. The maximum Gasteiger partial charge on any atom is 0.162 e. The van der Waals surface area contributed by atoms with Crippen LogP contribution < -0.4 is 4.74 Å². The van der Waals surface area contributed by atoms with E-state index in [2.05, 4.69) is 37.7 Å². The van der Waals surface area contributed by atoms with Gasteiger partial charge in [-0.05, 0) is 11.8 Å². The molecule has 0 N–H and O–H groups in total. The molecule has 1 rings (SSSR count). The Labute approximate surface area is 99.3 Å². The molecule has 0 saturated carbocycles. The van der Waals surface area contributed by atoms with Gasteiger partial charge < -0.3 is 4.74 Å². The summed E-state index contributed by atoms with van der Waals surface area (Å²) in [4.78, 5) is 8.51. The molecule has 0 bridgehead atoms. The van der Waals surface area contributed by atoms with Crippen molar-refractivity contribution in [3.63, 3.8) is 0 Å². The van der Waals surface area contributed by atoms with Crippen LogP contribution in [0.1, 0.15) is 64.8 Å². The van der Waals surface area contributed by atoms with Gasteiger partial charge in [-0.1, -0.05) is 41.5 Å². The standard InChI is InChI=1S/C11H18N2O.C2H6/c1-7(2)9-11(14-5)10(8(3)4)13-6-12-9;1-2/h6-8H,1-5H3;1-2H3. The Kier molecular flexibility index (Phi) is 6.70. The first-order chi connectivity index (χ1) is 7.57. The lowest BCUT2D eigenvalue weighted by Crippen LogP contribution is -2.05. The largest absolute Gasteiger partial charge is 0.493 e. The van der Waals surface area contributed by atoms with Crippen LogP contribution in [0.4, 0.5) is 0 Å². The van der Waals surface area contributed by atoms with E-state index in [1.807, 2.05) is 13.8 Å². The highest BCUT2D eigenvalue weighted by Crippen LogP contribution is 2.30. The first-order valence-corrected chi connectivity index (χ1v) is 5.96. The Hall–Kier alpha value is -1.12. The quantitative estimate of drug-likeness (QED) is 0.784. The van der Waals surface area contributed by atoms with Crippen LogP contribution in [0.3, 0.4) is 0 Å². The van der Waals surface area contributed by atoms with Gasteiger partial charge in [-0.2, -0.15) is 0 Å². The molecular weight excluding hydrogens is 200 g/mol. The summed E-state index contributed by atoms with van der Waals surface area (Å²) in [5.74, 6) is 1.58. The first-order valence-electron chi connectivity index (χ1n) is 5.96. The molecule has 0 aliphatic heterocycles. The molecule has 0 aliphatic rings. The van der Waals surface area contributed by atoms with Crippen molar-refractivity contribution < 1.29 is 4.74 Å². The van der Waals surface area contributed by atoms with Crippen LogP contribution in [0.5, 0.6) is 5.75 Å². The summed E-state index contributed by atoms with van der Waals surface area (Å²) in [5, 5.41) is 0. The number of hydrogen-bond acceptors (Lipinski definition) is 3. The number of rotatable bonds is 3. The fourth-order valence-corrected chi connectivity index (χ4v) is 1.43. The van der Waals surface area contributed by atoms with Gasteiger partial charge in [0.2, 0.25) is 0 Å². The summed E-state index contributed by atoms with van der Waals surface area (Å²) < 4.78 is 5.37. The fraction of sp³-hybridized carbons (Fsp3) is 0.692. The maximum atomic E-state index is 5.37. The van der Waals surface area contributed by atoms with Crippen molar-refractivity contribution in [1.82, 2.24) is 9.97 Å². The average molecular weight is 224 g/mol. The topological polar surface area (TPSA) is 35.0 Å². The number of aromatic nitrogens is 2. The summed E-state index contributed by atoms with van der Waals surface area (Å²) in [6.45, 7) is 12.4. The number of ether oxygens (including phenoxy) is 1. The van der Waals surface area contributed by atoms with E-state index in [-0.39, 0.29) is 0 Å². The number of methoxy groups -OCH3 is 1. The molecule has 92 valence electrons. The highest BCUT2D eigenvalue weighted by atomic mass is 16.5. The van der Waals surface area contributed by atoms with E-state index in [9.17, 15) is 0 Å². The predicted octanol–water partition coefficient (Wildman–Crippen LogP) is 3.76. The summed E-state index contributed by atoms with van der Waals surface area (Å²) in [6, 6.07) is 0. The van der Waals surface area contributed by atoms with Crippen molar-refractivity contribution in [3.05, 3.63) is 17.7 Å². The molecule has 0 unspecified atom stereocenters. The molecular formula is C13H24N2O. The van der Waals surface area contributed by atoms with E-state index in [0.29, 0.717) is 11.8 Å². The fourth-order valence-electron chi connectivity index (χ4n) is 1.43. The Morgan fingerprint density at radius 2 is 1.31 bits per heavy atom. The Morgan fingerprint density at radius 3 is 1.56 bits per heavy atom. The zero-order chi connectivity index (χ0) is 12.7. The molecule has 0 spiro atoms. The van der Waals surface area contributed by atoms with Gasteiger partial charge in [-0.3, -0.25) is 0 Å². The van der Waals surface area contributed by atoms with Gasteiger partial charge in [0.05, 0.1) is 18.5 Å². The highest BCUT2D eigenvalue weighted by molar-refractivity contribution is 5.35. The van der Waals surface area contributed by atoms with Crippen LogP contribution in [0.15, 0.2) is 6.33 Å². The van der Waals surface area contributed by atoms with Gasteiger partial charge in [0, 0.05) is 0 Å². The second-order valence-corrected chi connectivity index (χ2v) is 3.99. The van der Waals surface area contributed by atoms with Crippen molar-refractivity contribution in [2.24, 2.45) is 0 Å². The molecule has 0 radical (unpaired) electrons. The molecule has 0 amide bonds. The average Bonchev–Trinajstić information content (AvgIpc) is 2.30. The van der Waals surface area contributed by atoms with Crippen LogP contribution in [0, 0.1) is 0 Å². The lowest BCUT2D eigenvalue weighted by atomic mass is 10.0. The second-order valence-electron chi connectivity index (χ2n) is 3.99. The van der Waals surface area contributed by atoms with Crippen molar-refractivity contribution >= 4 is 0 Å². The van der Waals surface area contributed by atoms with Crippen LogP contribution in [-0.4, -0.2) is 17.1 Å². The molecule has 1 aromatic rings. The minimum atomic E-state index is 0.366. The first kappa shape index (κ1) is 14.9. The molecule has 0 aromatic carbocycles. The van der Waals surface area contributed by atoms with Crippen LogP contribution in [0.25, 0.3) is 0 Å². The summed E-state index contributed by atoms with van der Waals surface area (Å²) >= 11 is 0.